The normalized spacial score (nSPS) is 14.8. The highest BCUT2D eigenvalue weighted by atomic mass is 19.4. The lowest BCUT2D eigenvalue weighted by atomic mass is 9.95. The summed E-state index contributed by atoms with van der Waals surface area (Å²) < 4.78 is 38.8. The number of carbonyl (C=O) groups is 1. The van der Waals surface area contributed by atoms with Crippen molar-refractivity contribution in [2.45, 2.75) is 25.6 Å². The van der Waals surface area contributed by atoms with Crippen LogP contribution in [-0.4, -0.2) is 39.7 Å². The van der Waals surface area contributed by atoms with E-state index in [1.54, 1.807) is 37.4 Å². The highest BCUT2D eigenvalue weighted by Crippen LogP contribution is 2.33. The van der Waals surface area contributed by atoms with Crippen LogP contribution < -0.4 is 10.2 Å². The summed E-state index contributed by atoms with van der Waals surface area (Å²) in [7, 11) is 0. The van der Waals surface area contributed by atoms with E-state index in [4.69, 9.17) is 0 Å². The van der Waals surface area contributed by atoms with E-state index in [1.165, 1.54) is 0 Å². The Bertz CT molecular complexity index is 1310. The van der Waals surface area contributed by atoms with Crippen LogP contribution in [0.5, 0.6) is 0 Å². The van der Waals surface area contributed by atoms with Gasteiger partial charge in [0.05, 0.1) is 16.7 Å². The number of amides is 1. The maximum absolute atomic E-state index is 12.9. The molecule has 0 aliphatic carbocycles. The number of hydrogen-bond donors (Lipinski definition) is 2. The summed E-state index contributed by atoms with van der Waals surface area (Å²) in [5, 5.41) is 22.2. The minimum Gasteiger partial charge on any atom is -0.386 e. The molecule has 4 rings (SSSR count). The van der Waals surface area contributed by atoms with E-state index in [0.29, 0.717) is 47.4 Å². The highest BCUT2D eigenvalue weighted by molar-refractivity contribution is 6.03. The second kappa shape index (κ2) is 8.43. The third-order valence-electron chi connectivity index (χ3n) is 5.48. The molecule has 0 bridgehead atoms. The van der Waals surface area contributed by atoms with Gasteiger partial charge in [0.25, 0.3) is 5.91 Å². The van der Waals surface area contributed by atoms with Gasteiger partial charge in [-0.2, -0.15) is 18.4 Å². The summed E-state index contributed by atoms with van der Waals surface area (Å²) in [6, 6.07) is 10.3. The number of nitrogens with one attached hydrogen (secondary N) is 1. The molecule has 0 unspecified atom stereocenters. The lowest BCUT2D eigenvalue weighted by Crippen LogP contribution is -2.60. The average molecular weight is 467 g/mol. The Hall–Kier alpha value is -3.97. The summed E-state index contributed by atoms with van der Waals surface area (Å²) in [6.45, 7) is 4.31. The molecule has 0 spiro atoms. The molecule has 34 heavy (non-hydrogen) atoms. The van der Waals surface area contributed by atoms with Crippen LogP contribution in [0.25, 0.3) is 11.1 Å². The number of nitrogens with zero attached hydrogens (tertiary/aromatic N) is 4. The molecule has 3 heterocycles. The molecule has 0 radical (unpaired) electrons. The van der Waals surface area contributed by atoms with Gasteiger partial charge in [-0.3, -0.25) is 9.78 Å². The van der Waals surface area contributed by atoms with Gasteiger partial charge in [-0.15, -0.1) is 0 Å². The minimum absolute atomic E-state index is 0.343. The Morgan fingerprint density at radius 3 is 2.59 bits per heavy atom. The number of rotatable bonds is 4. The first kappa shape index (κ1) is 23.2. The molecule has 1 fully saturated rings. The lowest BCUT2D eigenvalue weighted by Gasteiger charge is -2.45. The number of aromatic nitrogens is 2. The second-order valence-electron chi connectivity index (χ2n) is 8.47. The number of alkyl halides is 3. The largest absolute Gasteiger partial charge is 0.416 e. The number of β-amino-alcohol motifs (C(OH)–C–C–N with tert-alkyl or cyclic N) is 1. The van der Waals surface area contributed by atoms with Gasteiger partial charge < -0.3 is 15.3 Å². The predicted molar refractivity (Wildman–Crippen MR) is 119 cm³/mol. The smallest absolute Gasteiger partial charge is 0.386 e. The van der Waals surface area contributed by atoms with Crippen LogP contribution in [0.15, 0.2) is 48.8 Å². The highest BCUT2D eigenvalue weighted by Gasteiger charge is 2.38. The lowest BCUT2D eigenvalue weighted by molar-refractivity contribution is -0.137. The van der Waals surface area contributed by atoms with Crippen molar-refractivity contribution in [1.29, 1.82) is 5.26 Å². The number of anilines is 2. The fraction of sp³-hybridized carbons (Fsp3) is 0.250. The molecular weight excluding hydrogens is 447 g/mol. The molecule has 1 saturated heterocycles. The first-order chi connectivity index (χ1) is 16.0. The van der Waals surface area contributed by atoms with Crippen molar-refractivity contribution in [3.8, 4) is 17.2 Å². The molecule has 3 aromatic rings. The van der Waals surface area contributed by atoms with Crippen LogP contribution in [0, 0.1) is 18.3 Å². The Balaban J connectivity index is 1.59. The SMILES string of the molecule is Cc1ccc(NC(=O)c2cc(C(F)(F)F)ccn2)cc1-c1cnc(N2CC(C)(O)C2)c(C#N)c1. The summed E-state index contributed by atoms with van der Waals surface area (Å²) >= 11 is 0. The molecule has 2 N–H and O–H groups in total. The zero-order valence-corrected chi connectivity index (χ0v) is 18.3. The van der Waals surface area contributed by atoms with Gasteiger partial charge >= 0.3 is 6.18 Å². The molecule has 174 valence electrons. The van der Waals surface area contributed by atoms with E-state index in [2.05, 4.69) is 21.4 Å². The monoisotopic (exact) mass is 467 g/mol. The van der Waals surface area contributed by atoms with Crippen molar-refractivity contribution in [2.75, 3.05) is 23.3 Å². The third kappa shape index (κ3) is 4.70. The standard InChI is InChI=1S/C24H20F3N5O2/c1-14-3-4-18(31-22(33)20-8-17(5-6-29-20)24(25,26)27)9-19(14)16-7-15(10-28)21(30-11-16)32-12-23(2,34)13-32/h3-9,11,34H,12-13H2,1-2H3,(H,31,33). The first-order valence-corrected chi connectivity index (χ1v) is 10.3. The van der Waals surface area contributed by atoms with Crippen molar-refractivity contribution in [1.82, 2.24) is 9.97 Å². The van der Waals surface area contributed by atoms with E-state index in [-0.39, 0.29) is 5.69 Å². The van der Waals surface area contributed by atoms with Gasteiger partial charge in [0.15, 0.2) is 0 Å². The molecule has 7 nitrogen and oxygen atoms in total. The number of nitriles is 1. The third-order valence-corrected chi connectivity index (χ3v) is 5.48. The Morgan fingerprint density at radius 1 is 1.21 bits per heavy atom. The van der Waals surface area contributed by atoms with Gasteiger partial charge in [-0.1, -0.05) is 6.07 Å². The van der Waals surface area contributed by atoms with Crippen molar-refractivity contribution in [2.24, 2.45) is 0 Å². The molecule has 2 aromatic heterocycles. The minimum atomic E-state index is -4.58. The molecular formula is C24H20F3N5O2. The van der Waals surface area contributed by atoms with Crippen molar-refractivity contribution >= 4 is 17.4 Å². The molecule has 1 amide bonds. The zero-order chi connectivity index (χ0) is 24.7. The number of halogens is 3. The van der Waals surface area contributed by atoms with Gasteiger partial charge in [-0.25, -0.2) is 4.98 Å². The second-order valence-corrected chi connectivity index (χ2v) is 8.47. The van der Waals surface area contributed by atoms with Gasteiger partial charge in [0, 0.05) is 36.7 Å². The Kier molecular flexibility index (Phi) is 5.75. The molecule has 0 atom stereocenters. The van der Waals surface area contributed by atoms with E-state index in [9.17, 15) is 28.3 Å². The van der Waals surface area contributed by atoms with Crippen LogP contribution in [0.3, 0.4) is 0 Å². The Labute approximate surface area is 193 Å². The van der Waals surface area contributed by atoms with E-state index < -0.39 is 23.2 Å². The van der Waals surface area contributed by atoms with Crippen LogP contribution in [0.4, 0.5) is 24.7 Å². The number of benzene rings is 1. The number of carbonyl (C=O) groups excluding carboxylic acids is 1. The summed E-state index contributed by atoms with van der Waals surface area (Å²) in [6.07, 6.45) is -2.05. The van der Waals surface area contributed by atoms with Crippen molar-refractivity contribution in [3.63, 3.8) is 0 Å². The van der Waals surface area contributed by atoms with Crippen LogP contribution in [-0.2, 0) is 6.18 Å². The Morgan fingerprint density at radius 2 is 1.94 bits per heavy atom. The summed E-state index contributed by atoms with van der Waals surface area (Å²) in [5.74, 6) is -0.299. The van der Waals surface area contributed by atoms with Crippen molar-refractivity contribution < 1.29 is 23.1 Å². The topological polar surface area (TPSA) is 102 Å². The molecule has 1 aliphatic rings. The molecule has 1 aliphatic heterocycles. The molecule has 10 heteroatoms. The quantitative estimate of drug-likeness (QED) is 0.597. The van der Waals surface area contributed by atoms with Gasteiger partial charge in [0.2, 0.25) is 0 Å². The first-order valence-electron chi connectivity index (χ1n) is 10.3. The fourth-order valence-corrected chi connectivity index (χ4v) is 3.80. The maximum atomic E-state index is 12.9. The van der Waals surface area contributed by atoms with Gasteiger partial charge in [0.1, 0.15) is 17.6 Å². The van der Waals surface area contributed by atoms with Gasteiger partial charge in [-0.05, 0) is 55.3 Å². The van der Waals surface area contributed by atoms with Crippen molar-refractivity contribution in [3.05, 3.63) is 71.2 Å². The summed E-state index contributed by atoms with van der Waals surface area (Å²) in [5.41, 5.74) is 0.738. The number of aliphatic hydroxyl groups is 1. The van der Waals surface area contributed by atoms with Crippen LogP contribution in [0.1, 0.15) is 34.1 Å². The van der Waals surface area contributed by atoms with E-state index in [1.807, 2.05) is 11.8 Å². The van der Waals surface area contributed by atoms with E-state index >= 15 is 0 Å². The zero-order valence-electron chi connectivity index (χ0n) is 18.3. The maximum Gasteiger partial charge on any atom is 0.416 e. The fourth-order valence-electron chi connectivity index (χ4n) is 3.80. The van der Waals surface area contributed by atoms with E-state index in [0.717, 1.165) is 17.8 Å². The molecule has 1 aromatic carbocycles. The number of aryl methyl sites for hydroxylation is 1. The molecule has 0 saturated carbocycles. The van der Waals surface area contributed by atoms with Crippen LogP contribution >= 0.6 is 0 Å². The predicted octanol–water partition coefficient (Wildman–Crippen LogP) is 4.17. The average Bonchev–Trinajstić information content (AvgIpc) is 2.77. The number of pyridine rings is 2. The van der Waals surface area contributed by atoms with Crippen LogP contribution in [0.2, 0.25) is 0 Å². The number of hydrogen-bond acceptors (Lipinski definition) is 6. The summed E-state index contributed by atoms with van der Waals surface area (Å²) in [4.78, 5) is 22.5.